The lowest BCUT2D eigenvalue weighted by Gasteiger charge is -2.28. The molecule has 3 heteroatoms. The van der Waals surface area contributed by atoms with E-state index in [1.165, 1.54) is 5.56 Å². The monoisotopic (exact) mass is 319 g/mol. The number of nitrogens with one attached hydrogen (secondary N) is 1. The van der Waals surface area contributed by atoms with Gasteiger partial charge in [-0.25, -0.2) is 0 Å². The SMILES string of the molecule is CCC(=O)NCCCc1cc(C(C)(C)C)c(O)c(C(C)(C)C)c1. The third-order valence-electron chi connectivity index (χ3n) is 4.07. The molecule has 0 heterocycles. The molecule has 0 saturated heterocycles. The van der Waals surface area contributed by atoms with Gasteiger partial charge in [-0.1, -0.05) is 60.6 Å². The number of hydrogen-bond donors (Lipinski definition) is 2. The van der Waals surface area contributed by atoms with E-state index in [2.05, 4.69) is 59.0 Å². The zero-order valence-corrected chi connectivity index (χ0v) is 15.8. The fourth-order valence-corrected chi connectivity index (χ4v) is 2.63. The predicted molar refractivity (Wildman–Crippen MR) is 97.1 cm³/mol. The minimum Gasteiger partial charge on any atom is -0.507 e. The van der Waals surface area contributed by atoms with E-state index in [0.29, 0.717) is 18.7 Å². The zero-order chi connectivity index (χ0) is 17.8. The molecule has 0 atom stereocenters. The molecule has 130 valence electrons. The number of aryl methyl sites for hydroxylation is 1. The standard InChI is InChI=1S/C20H33NO2/c1-8-17(22)21-11-9-10-14-12-15(19(2,3)4)18(23)16(13-14)20(5,6)7/h12-13,23H,8-11H2,1-7H3,(H,21,22). The first kappa shape index (κ1) is 19.5. The van der Waals surface area contributed by atoms with Gasteiger partial charge in [0, 0.05) is 13.0 Å². The van der Waals surface area contributed by atoms with Crippen LogP contribution in [0.5, 0.6) is 5.75 Å². The van der Waals surface area contributed by atoms with E-state index in [1.807, 2.05) is 6.92 Å². The van der Waals surface area contributed by atoms with Gasteiger partial charge in [0.25, 0.3) is 0 Å². The highest BCUT2D eigenvalue weighted by atomic mass is 16.3. The van der Waals surface area contributed by atoms with Gasteiger partial charge in [-0.3, -0.25) is 4.79 Å². The van der Waals surface area contributed by atoms with Crippen LogP contribution in [0.15, 0.2) is 12.1 Å². The average molecular weight is 319 g/mol. The number of carbonyl (C=O) groups is 1. The van der Waals surface area contributed by atoms with Crippen LogP contribution in [-0.4, -0.2) is 17.6 Å². The molecule has 2 N–H and O–H groups in total. The van der Waals surface area contributed by atoms with Gasteiger partial charge in [-0.15, -0.1) is 0 Å². The molecule has 0 bridgehead atoms. The first-order valence-corrected chi connectivity index (χ1v) is 8.60. The number of benzene rings is 1. The molecule has 0 aliphatic rings. The van der Waals surface area contributed by atoms with Crippen molar-refractivity contribution in [1.29, 1.82) is 0 Å². The molecule has 0 radical (unpaired) electrons. The van der Waals surface area contributed by atoms with Crippen LogP contribution in [0.25, 0.3) is 0 Å². The second-order valence-electron chi connectivity index (χ2n) is 8.35. The van der Waals surface area contributed by atoms with Crippen LogP contribution in [0.2, 0.25) is 0 Å². The quantitative estimate of drug-likeness (QED) is 0.788. The lowest BCUT2D eigenvalue weighted by molar-refractivity contribution is -0.120. The number of phenolic OH excluding ortho intramolecular Hbond substituents is 1. The maximum Gasteiger partial charge on any atom is 0.219 e. The lowest BCUT2D eigenvalue weighted by Crippen LogP contribution is -2.23. The molecule has 1 aromatic rings. The molecule has 0 aliphatic carbocycles. The minimum absolute atomic E-state index is 0.0986. The molecule has 1 amide bonds. The normalized spacial score (nSPS) is 12.3. The molecule has 0 unspecified atom stereocenters. The summed E-state index contributed by atoms with van der Waals surface area (Å²) >= 11 is 0. The fourth-order valence-electron chi connectivity index (χ4n) is 2.63. The Morgan fingerprint density at radius 3 is 1.91 bits per heavy atom. The van der Waals surface area contributed by atoms with Crippen LogP contribution < -0.4 is 5.32 Å². The largest absolute Gasteiger partial charge is 0.507 e. The van der Waals surface area contributed by atoms with Crippen LogP contribution in [0.3, 0.4) is 0 Å². The smallest absolute Gasteiger partial charge is 0.219 e. The Kier molecular flexibility index (Phi) is 6.26. The topological polar surface area (TPSA) is 49.3 Å². The maximum absolute atomic E-state index is 11.3. The summed E-state index contributed by atoms with van der Waals surface area (Å²) in [7, 11) is 0. The summed E-state index contributed by atoms with van der Waals surface area (Å²) in [5.41, 5.74) is 3.02. The van der Waals surface area contributed by atoms with Crippen molar-refractivity contribution in [3.05, 3.63) is 28.8 Å². The van der Waals surface area contributed by atoms with Gasteiger partial charge in [-0.05, 0) is 40.4 Å². The molecular formula is C20H33NO2. The van der Waals surface area contributed by atoms with E-state index in [1.54, 1.807) is 0 Å². The Morgan fingerprint density at radius 1 is 1.04 bits per heavy atom. The highest BCUT2D eigenvalue weighted by Gasteiger charge is 2.26. The number of aromatic hydroxyl groups is 1. The molecule has 23 heavy (non-hydrogen) atoms. The molecular weight excluding hydrogens is 286 g/mol. The van der Waals surface area contributed by atoms with Crippen molar-refractivity contribution in [2.75, 3.05) is 6.54 Å². The van der Waals surface area contributed by atoms with Gasteiger partial charge in [0.1, 0.15) is 5.75 Å². The van der Waals surface area contributed by atoms with E-state index in [-0.39, 0.29) is 16.7 Å². The second-order valence-corrected chi connectivity index (χ2v) is 8.35. The van der Waals surface area contributed by atoms with Crippen molar-refractivity contribution in [2.45, 2.75) is 78.6 Å². The summed E-state index contributed by atoms with van der Waals surface area (Å²) in [6, 6.07) is 4.23. The van der Waals surface area contributed by atoms with Crippen LogP contribution >= 0.6 is 0 Å². The number of hydrogen-bond acceptors (Lipinski definition) is 2. The second kappa shape index (κ2) is 7.37. The van der Waals surface area contributed by atoms with Crippen molar-refractivity contribution < 1.29 is 9.90 Å². The highest BCUT2D eigenvalue weighted by Crippen LogP contribution is 2.39. The van der Waals surface area contributed by atoms with E-state index >= 15 is 0 Å². The van der Waals surface area contributed by atoms with Gasteiger partial charge in [-0.2, -0.15) is 0 Å². The number of carbonyl (C=O) groups excluding carboxylic acids is 1. The Morgan fingerprint density at radius 2 is 1.52 bits per heavy atom. The lowest BCUT2D eigenvalue weighted by atomic mass is 9.78. The first-order valence-electron chi connectivity index (χ1n) is 8.60. The van der Waals surface area contributed by atoms with Gasteiger partial charge in [0.15, 0.2) is 0 Å². The third kappa shape index (κ3) is 5.56. The van der Waals surface area contributed by atoms with Crippen LogP contribution in [0, 0.1) is 0 Å². The van der Waals surface area contributed by atoms with E-state index < -0.39 is 0 Å². The summed E-state index contributed by atoms with van der Waals surface area (Å²) in [4.78, 5) is 11.3. The molecule has 1 rings (SSSR count). The maximum atomic E-state index is 11.3. The zero-order valence-electron chi connectivity index (χ0n) is 15.8. The van der Waals surface area contributed by atoms with E-state index in [4.69, 9.17) is 0 Å². The summed E-state index contributed by atoms with van der Waals surface area (Å²) < 4.78 is 0. The average Bonchev–Trinajstić information content (AvgIpc) is 2.41. The first-order chi connectivity index (χ1) is 10.5. The van der Waals surface area contributed by atoms with Crippen LogP contribution in [-0.2, 0) is 22.0 Å². The van der Waals surface area contributed by atoms with Gasteiger partial charge in [0.05, 0.1) is 0 Å². The van der Waals surface area contributed by atoms with Crippen molar-refractivity contribution in [2.24, 2.45) is 0 Å². The van der Waals surface area contributed by atoms with Crippen LogP contribution in [0.1, 0.15) is 78.0 Å². The summed E-state index contributed by atoms with van der Waals surface area (Å²) in [6.07, 6.45) is 2.33. The van der Waals surface area contributed by atoms with Gasteiger partial charge >= 0.3 is 0 Å². The predicted octanol–water partition coefficient (Wildman–Crippen LogP) is 4.45. The molecule has 3 nitrogen and oxygen atoms in total. The summed E-state index contributed by atoms with van der Waals surface area (Å²) in [6.45, 7) is 15.3. The molecule has 0 saturated carbocycles. The summed E-state index contributed by atoms with van der Waals surface area (Å²) in [5, 5.41) is 13.6. The highest BCUT2D eigenvalue weighted by molar-refractivity contribution is 5.75. The van der Waals surface area contributed by atoms with Gasteiger partial charge in [0.2, 0.25) is 5.91 Å². The number of rotatable bonds is 5. The van der Waals surface area contributed by atoms with Gasteiger partial charge < -0.3 is 10.4 Å². The Labute approximate surface area is 141 Å². The van der Waals surface area contributed by atoms with E-state index in [9.17, 15) is 9.90 Å². The van der Waals surface area contributed by atoms with Crippen molar-refractivity contribution >= 4 is 5.91 Å². The molecule has 0 spiro atoms. The van der Waals surface area contributed by atoms with Crippen molar-refractivity contribution in [3.63, 3.8) is 0 Å². The number of amides is 1. The Hall–Kier alpha value is -1.51. The summed E-state index contributed by atoms with van der Waals surface area (Å²) in [5.74, 6) is 0.523. The fraction of sp³-hybridized carbons (Fsp3) is 0.650. The van der Waals surface area contributed by atoms with Crippen molar-refractivity contribution in [1.82, 2.24) is 5.32 Å². The third-order valence-corrected chi connectivity index (χ3v) is 4.07. The van der Waals surface area contributed by atoms with Crippen LogP contribution in [0.4, 0.5) is 0 Å². The minimum atomic E-state index is -0.101. The molecule has 1 aromatic carbocycles. The Balaban J connectivity index is 3.02. The molecule has 0 aliphatic heterocycles. The Bertz CT molecular complexity index is 513. The van der Waals surface area contributed by atoms with E-state index in [0.717, 1.165) is 24.0 Å². The molecule has 0 aromatic heterocycles. The van der Waals surface area contributed by atoms with Crippen molar-refractivity contribution in [3.8, 4) is 5.75 Å². The number of phenols is 1. The molecule has 0 fully saturated rings.